The largest absolute Gasteiger partial charge is 0.454 e. The molecule has 1 aromatic carbocycles. The Morgan fingerprint density at radius 2 is 1.88 bits per heavy atom. The lowest BCUT2D eigenvalue weighted by atomic mass is 9.81. The normalized spacial score (nSPS) is 16.0. The first kappa shape index (κ1) is 19.7. The minimum Gasteiger partial charge on any atom is -0.454 e. The summed E-state index contributed by atoms with van der Waals surface area (Å²) in [4.78, 5) is 36.1. The molecule has 6 nitrogen and oxygen atoms in total. The second kappa shape index (κ2) is 8.64. The second-order valence-electron chi connectivity index (χ2n) is 6.41. The highest BCUT2D eigenvalue weighted by Gasteiger charge is 2.41. The molecule has 0 spiro atoms. The Morgan fingerprint density at radius 1 is 1.20 bits per heavy atom. The van der Waals surface area contributed by atoms with E-state index in [0.29, 0.717) is 18.5 Å². The number of benzene rings is 1. The molecule has 25 heavy (non-hydrogen) atoms. The van der Waals surface area contributed by atoms with E-state index < -0.39 is 17.4 Å². The van der Waals surface area contributed by atoms with Crippen LogP contribution in [0, 0.1) is 10.5 Å². The third kappa shape index (κ3) is 5.42. The fraction of sp³-hybridized carbons (Fsp3) is 0.500. The van der Waals surface area contributed by atoms with Gasteiger partial charge in [-0.1, -0.05) is 19.3 Å². The van der Waals surface area contributed by atoms with Gasteiger partial charge in [0.2, 0.25) is 5.91 Å². The SMILES string of the molecule is CC(=O)NC1(C(=O)OCC(=O)Nc2ccc(I)cc2C)CCCCC1. The lowest BCUT2D eigenvalue weighted by Crippen LogP contribution is -2.56. The van der Waals surface area contributed by atoms with Crippen molar-refractivity contribution in [3.05, 3.63) is 27.3 Å². The van der Waals surface area contributed by atoms with E-state index in [0.717, 1.165) is 28.4 Å². The van der Waals surface area contributed by atoms with Gasteiger partial charge in [0.1, 0.15) is 5.54 Å². The van der Waals surface area contributed by atoms with E-state index in [1.807, 2.05) is 25.1 Å². The van der Waals surface area contributed by atoms with Crippen LogP contribution in [-0.2, 0) is 19.1 Å². The minimum absolute atomic E-state index is 0.266. The lowest BCUT2D eigenvalue weighted by molar-refractivity contribution is -0.157. The first-order valence-electron chi connectivity index (χ1n) is 8.34. The molecule has 1 aliphatic carbocycles. The highest BCUT2D eigenvalue weighted by Crippen LogP contribution is 2.29. The standard InChI is InChI=1S/C18H23IN2O4/c1-12-10-14(19)6-7-15(12)20-16(23)11-25-17(24)18(21-13(2)22)8-4-3-5-9-18/h6-7,10H,3-5,8-9,11H2,1-2H3,(H,20,23)(H,21,22). The van der Waals surface area contributed by atoms with Gasteiger partial charge in [0.25, 0.3) is 5.91 Å². The fourth-order valence-electron chi connectivity index (χ4n) is 3.10. The zero-order chi connectivity index (χ0) is 18.4. The van der Waals surface area contributed by atoms with Gasteiger partial charge in [-0.3, -0.25) is 9.59 Å². The van der Waals surface area contributed by atoms with Crippen LogP contribution in [0.25, 0.3) is 0 Å². The first-order valence-corrected chi connectivity index (χ1v) is 9.42. The van der Waals surface area contributed by atoms with Crippen LogP contribution < -0.4 is 10.6 Å². The van der Waals surface area contributed by atoms with Crippen LogP contribution in [0.2, 0.25) is 0 Å². The molecule has 7 heteroatoms. The third-order valence-electron chi connectivity index (χ3n) is 4.31. The molecule has 0 aromatic heterocycles. The summed E-state index contributed by atoms with van der Waals surface area (Å²) in [6.07, 6.45) is 3.82. The number of amides is 2. The average molecular weight is 458 g/mol. The van der Waals surface area contributed by atoms with E-state index in [2.05, 4.69) is 33.2 Å². The van der Waals surface area contributed by atoms with E-state index in [9.17, 15) is 14.4 Å². The number of aryl methyl sites for hydroxylation is 1. The Balaban J connectivity index is 1.95. The van der Waals surface area contributed by atoms with Crippen LogP contribution in [-0.4, -0.2) is 29.9 Å². The minimum atomic E-state index is -0.997. The molecule has 0 saturated heterocycles. The summed E-state index contributed by atoms with van der Waals surface area (Å²) in [5.74, 6) is -1.19. The number of carbonyl (C=O) groups is 3. The zero-order valence-electron chi connectivity index (χ0n) is 14.5. The van der Waals surface area contributed by atoms with Crippen LogP contribution in [0.5, 0.6) is 0 Å². The van der Waals surface area contributed by atoms with Crippen molar-refractivity contribution >= 4 is 46.1 Å². The van der Waals surface area contributed by atoms with E-state index in [1.165, 1.54) is 6.92 Å². The Morgan fingerprint density at radius 3 is 2.48 bits per heavy atom. The number of halogens is 1. The number of hydrogen-bond donors (Lipinski definition) is 2. The molecule has 1 aliphatic rings. The van der Waals surface area contributed by atoms with Crippen LogP contribution in [0.3, 0.4) is 0 Å². The first-order chi connectivity index (χ1) is 11.8. The number of nitrogens with one attached hydrogen (secondary N) is 2. The van der Waals surface area contributed by atoms with Gasteiger partial charge in [-0.05, 0) is 66.1 Å². The lowest BCUT2D eigenvalue weighted by Gasteiger charge is -2.35. The predicted octanol–water partition coefficient (Wildman–Crippen LogP) is 2.92. The van der Waals surface area contributed by atoms with E-state index in [1.54, 1.807) is 0 Å². The van der Waals surface area contributed by atoms with Crippen molar-refractivity contribution in [1.29, 1.82) is 0 Å². The molecule has 0 heterocycles. The number of carbonyl (C=O) groups excluding carboxylic acids is 3. The average Bonchev–Trinajstić information content (AvgIpc) is 2.55. The zero-order valence-corrected chi connectivity index (χ0v) is 16.6. The van der Waals surface area contributed by atoms with Crippen LogP contribution in [0.15, 0.2) is 18.2 Å². The maximum atomic E-state index is 12.5. The number of esters is 1. The fourth-order valence-corrected chi connectivity index (χ4v) is 3.74. The van der Waals surface area contributed by atoms with Gasteiger partial charge in [0, 0.05) is 16.2 Å². The monoisotopic (exact) mass is 458 g/mol. The summed E-state index contributed by atoms with van der Waals surface area (Å²) in [6, 6.07) is 5.66. The molecule has 136 valence electrons. The number of hydrogen-bond acceptors (Lipinski definition) is 4. The summed E-state index contributed by atoms with van der Waals surface area (Å²) < 4.78 is 6.29. The van der Waals surface area contributed by atoms with Gasteiger partial charge in [-0.15, -0.1) is 0 Å². The Bertz CT molecular complexity index is 669. The van der Waals surface area contributed by atoms with Gasteiger partial charge in [0.15, 0.2) is 6.61 Å². The highest BCUT2D eigenvalue weighted by atomic mass is 127. The van der Waals surface area contributed by atoms with Gasteiger partial charge in [-0.25, -0.2) is 4.79 Å². The molecule has 1 saturated carbocycles. The quantitative estimate of drug-likeness (QED) is 0.525. The molecule has 2 rings (SSSR count). The van der Waals surface area contributed by atoms with Crippen molar-refractivity contribution in [2.75, 3.05) is 11.9 Å². The van der Waals surface area contributed by atoms with Gasteiger partial charge in [-0.2, -0.15) is 0 Å². The topological polar surface area (TPSA) is 84.5 Å². The smallest absolute Gasteiger partial charge is 0.332 e. The molecule has 0 radical (unpaired) electrons. The highest BCUT2D eigenvalue weighted by molar-refractivity contribution is 14.1. The molecule has 1 aromatic rings. The maximum absolute atomic E-state index is 12.5. The molecule has 2 amide bonds. The van der Waals surface area contributed by atoms with Crippen molar-refractivity contribution in [2.45, 2.75) is 51.5 Å². The van der Waals surface area contributed by atoms with Crippen LogP contribution in [0.4, 0.5) is 5.69 Å². The Hall–Kier alpha value is -1.64. The predicted molar refractivity (Wildman–Crippen MR) is 103 cm³/mol. The molecular weight excluding hydrogens is 435 g/mol. The van der Waals surface area contributed by atoms with E-state index in [4.69, 9.17) is 4.74 Å². The summed E-state index contributed by atoms with van der Waals surface area (Å²) in [5, 5.41) is 5.48. The number of anilines is 1. The van der Waals surface area contributed by atoms with Crippen LogP contribution in [0.1, 0.15) is 44.6 Å². The summed E-state index contributed by atoms with van der Waals surface area (Å²) in [6.45, 7) is 2.92. The summed E-state index contributed by atoms with van der Waals surface area (Å²) >= 11 is 2.20. The molecule has 0 atom stereocenters. The summed E-state index contributed by atoms with van der Waals surface area (Å²) in [5.41, 5.74) is 0.632. The van der Waals surface area contributed by atoms with Gasteiger partial charge < -0.3 is 15.4 Å². The van der Waals surface area contributed by atoms with Crippen molar-refractivity contribution in [3.8, 4) is 0 Å². The van der Waals surface area contributed by atoms with Crippen molar-refractivity contribution in [2.24, 2.45) is 0 Å². The molecule has 0 aliphatic heterocycles. The third-order valence-corrected chi connectivity index (χ3v) is 4.98. The summed E-state index contributed by atoms with van der Waals surface area (Å²) in [7, 11) is 0. The van der Waals surface area contributed by atoms with Crippen molar-refractivity contribution in [3.63, 3.8) is 0 Å². The van der Waals surface area contributed by atoms with Crippen molar-refractivity contribution in [1.82, 2.24) is 5.32 Å². The maximum Gasteiger partial charge on any atom is 0.332 e. The van der Waals surface area contributed by atoms with Crippen LogP contribution >= 0.6 is 22.6 Å². The van der Waals surface area contributed by atoms with Crippen molar-refractivity contribution < 1.29 is 19.1 Å². The van der Waals surface area contributed by atoms with Gasteiger partial charge >= 0.3 is 5.97 Å². The number of rotatable bonds is 5. The molecule has 0 unspecified atom stereocenters. The van der Waals surface area contributed by atoms with E-state index in [-0.39, 0.29) is 12.5 Å². The Labute approximate surface area is 161 Å². The molecule has 1 fully saturated rings. The van der Waals surface area contributed by atoms with Gasteiger partial charge in [0.05, 0.1) is 0 Å². The van der Waals surface area contributed by atoms with E-state index >= 15 is 0 Å². The Kier molecular flexibility index (Phi) is 6.80. The second-order valence-corrected chi connectivity index (χ2v) is 7.65. The molecule has 0 bridgehead atoms. The molecular formula is C18H23IN2O4. The molecule has 2 N–H and O–H groups in total. The number of ether oxygens (including phenoxy) is 1.